The van der Waals surface area contributed by atoms with Gasteiger partial charge in [-0.2, -0.15) is 0 Å². The quantitative estimate of drug-likeness (QED) is 0.530. The molecular formula is C20H36O3. The molecule has 0 amide bonds. The molecule has 2 aliphatic carbocycles. The van der Waals surface area contributed by atoms with E-state index in [-0.39, 0.29) is 6.10 Å². The van der Waals surface area contributed by atoms with E-state index >= 15 is 0 Å². The summed E-state index contributed by atoms with van der Waals surface area (Å²) < 4.78 is 10.2. The van der Waals surface area contributed by atoms with Gasteiger partial charge in [-0.25, -0.2) is 4.79 Å². The van der Waals surface area contributed by atoms with Crippen molar-refractivity contribution < 1.29 is 14.3 Å². The first-order chi connectivity index (χ1) is 11.2. The fourth-order valence-corrected chi connectivity index (χ4v) is 4.65. The van der Waals surface area contributed by atoms with E-state index in [9.17, 15) is 4.79 Å². The van der Waals surface area contributed by atoms with Crippen molar-refractivity contribution in [2.24, 2.45) is 17.8 Å². The highest BCUT2D eigenvalue weighted by atomic mass is 16.7. The fourth-order valence-electron chi connectivity index (χ4n) is 4.65. The molecule has 2 saturated carbocycles. The van der Waals surface area contributed by atoms with Crippen molar-refractivity contribution in [3.8, 4) is 0 Å². The van der Waals surface area contributed by atoms with Gasteiger partial charge in [0.1, 0.15) is 6.10 Å². The summed E-state index contributed by atoms with van der Waals surface area (Å²) in [5, 5.41) is 0. The molecule has 0 spiro atoms. The van der Waals surface area contributed by atoms with Gasteiger partial charge < -0.3 is 9.47 Å². The van der Waals surface area contributed by atoms with Gasteiger partial charge in [-0.3, -0.25) is 0 Å². The molecule has 0 aromatic rings. The van der Waals surface area contributed by atoms with Crippen LogP contribution in [0.3, 0.4) is 0 Å². The molecule has 0 N–H and O–H groups in total. The molecule has 0 radical (unpaired) electrons. The monoisotopic (exact) mass is 324 g/mol. The average Bonchev–Trinajstić information content (AvgIpc) is 2.58. The first-order valence-corrected chi connectivity index (χ1v) is 10.1. The van der Waals surface area contributed by atoms with Crippen molar-refractivity contribution in [1.82, 2.24) is 0 Å². The molecule has 23 heavy (non-hydrogen) atoms. The molecule has 0 heterocycles. The fraction of sp³-hybridized carbons (Fsp3) is 0.950. The van der Waals surface area contributed by atoms with Gasteiger partial charge in [-0.1, -0.05) is 51.9 Å². The van der Waals surface area contributed by atoms with Crippen LogP contribution in [0.1, 0.15) is 90.9 Å². The van der Waals surface area contributed by atoms with Gasteiger partial charge in [0.2, 0.25) is 0 Å². The number of hydrogen-bond acceptors (Lipinski definition) is 3. The van der Waals surface area contributed by atoms with Gasteiger partial charge >= 0.3 is 6.16 Å². The van der Waals surface area contributed by atoms with Crippen LogP contribution in [-0.4, -0.2) is 18.9 Å². The highest BCUT2D eigenvalue weighted by Crippen LogP contribution is 2.37. The number of carbonyl (C=O) groups is 1. The topological polar surface area (TPSA) is 35.5 Å². The van der Waals surface area contributed by atoms with E-state index in [2.05, 4.69) is 6.92 Å². The third kappa shape index (κ3) is 6.35. The van der Waals surface area contributed by atoms with Crippen LogP contribution in [0.15, 0.2) is 0 Å². The summed E-state index contributed by atoms with van der Waals surface area (Å²) in [6.07, 6.45) is 15.5. The Balaban J connectivity index is 1.64. The molecule has 1 atom stereocenters. The Morgan fingerprint density at radius 2 is 1.70 bits per heavy atom. The minimum absolute atomic E-state index is 0.0885. The van der Waals surface area contributed by atoms with Crippen molar-refractivity contribution >= 4 is 6.16 Å². The van der Waals surface area contributed by atoms with E-state index in [0.29, 0.717) is 6.61 Å². The van der Waals surface area contributed by atoms with Crippen molar-refractivity contribution in [3.63, 3.8) is 0 Å². The van der Waals surface area contributed by atoms with Crippen molar-refractivity contribution in [3.05, 3.63) is 0 Å². The highest BCUT2D eigenvalue weighted by Gasteiger charge is 2.27. The largest absolute Gasteiger partial charge is 0.508 e. The minimum atomic E-state index is -0.487. The molecular weight excluding hydrogens is 288 g/mol. The standard InChI is InChI=1S/C20H36O3/c1-3-17(18-8-6-5-7-9-18)13-10-16-11-14-19(15-12-16)23-20(21)22-4-2/h16-19H,3-15H2,1-2H3. The van der Waals surface area contributed by atoms with Crippen LogP contribution in [0, 0.1) is 17.8 Å². The predicted molar refractivity (Wildman–Crippen MR) is 93.4 cm³/mol. The summed E-state index contributed by atoms with van der Waals surface area (Å²) in [6, 6.07) is 0. The van der Waals surface area contributed by atoms with Gasteiger partial charge in [-0.05, 0) is 56.8 Å². The number of rotatable bonds is 7. The average molecular weight is 325 g/mol. The summed E-state index contributed by atoms with van der Waals surface area (Å²) in [6.45, 7) is 4.59. The lowest BCUT2D eigenvalue weighted by Gasteiger charge is -2.32. The van der Waals surface area contributed by atoms with Gasteiger partial charge in [-0.15, -0.1) is 0 Å². The van der Waals surface area contributed by atoms with Gasteiger partial charge in [0.05, 0.1) is 6.61 Å². The minimum Gasteiger partial charge on any atom is -0.435 e. The summed E-state index contributed by atoms with van der Waals surface area (Å²) >= 11 is 0. The normalized spacial score (nSPS) is 27.4. The second kappa shape index (κ2) is 10.2. The van der Waals surface area contributed by atoms with Gasteiger partial charge in [0.15, 0.2) is 0 Å². The Labute approximate surface area is 142 Å². The molecule has 2 aliphatic rings. The maximum absolute atomic E-state index is 11.4. The Bertz CT molecular complexity index is 328. The van der Waals surface area contributed by atoms with Crippen LogP contribution in [0.2, 0.25) is 0 Å². The Hall–Kier alpha value is -0.730. The first-order valence-electron chi connectivity index (χ1n) is 10.1. The Kier molecular flexibility index (Phi) is 8.25. The van der Waals surface area contributed by atoms with Crippen LogP contribution in [0.25, 0.3) is 0 Å². The summed E-state index contributed by atoms with van der Waals surface area (Å²) in [4.78, 5) is 11.4. The van der Waals surface area contributed by atoms with E-state index in [1.54, 1.807) is 0 Å². The summed E-state index contributed by atoms with van der Waals surface area (Å²) in [5.41, 5.74) is 0. The second-order valence-electron chi connectivity index (χ2n) is 7.59. The van der Waals surface area contributed by atoms with Crippen LogP contribution in [-0.2, 0) is 9.47 Å². The van der Waals surface area contributed by atoms with Crippen molar-refractivity contribution in [2.75, 3.05) is 6.61 Å². The van der Waals surface area contributed by atoms with E-state index in [1.165, 1.54) is 64.2 Å². The third-order valence-electron chi connectivity index (χ3n) is 6.11. The Morgan fingerprint density at radius 1 is 1.00 bits per heavy atom. The molecule has 2 fully saturated rings. The molecule has 2 rings (SSSR count). The molecule has 0 aromatic carbocycles. The Morgan fingerprint density at radius 3 is 2.30 bits per heavy atom. The van der Waals surface area contributed by atoms with Crippen LogP contribution >= 0.6 is 0 Å². The lowest BCUT2D eigenvalue weighted by atomic mass is 9.74. The van der Waals surface area contributed by atoms with E-state index in [1.807, 2.05) is 6.92 Å². The highest BCUT2D eigenvalue weighted by molar-refractivity contribution is 5.60. The lowest BCUT2D eigenvalue weighted by molar-refractivity contribution is 0.00702. The van der Waals surface area contributed by atoms with Gasteiger partial charge in [0.25, 0.3) is 0 Å². The van der Waals surface area contributed by atoms with E-state index in [4.69, 9.17) is 9.47 Å². The van der Waals surface area contributed by atoms with Gasteiger partial charge in [0, 0.05) is 0 Å². The predicted octanol–water partition coefficient (Wildman–Crippen LogP) is 6.11. The zero-order valence-electron chi connectivity index (χ0n) is 15.2. The first kappa shape index (κ1) is 18.6. The van der Waals surface area contributed by atoms with Crippen LogP contribution in [0.4, 0.5) is 4.79 Å². The molecule has 3 nitrogen and oxygen atoms in total. The molecule has 0 bridgehead atoms. The van der Waals surface area contributed by atoms with Crippen molar-refractivity contribution in [1.29, 1.82) is 0 Å². The SMILES string of the molecule is CCOC(=O)OC1CCC(CCC(CC)C2CCCCC2)CC1. The number of carbonyl (C=O) groups excluding carboxylic acids is 1. The number of ether oxygens (including phenoxy) is 2. The van der Waals surface area contributed by atoms with E-state index < -0.39 is 6.16 Å². The second-order valence-corrected chi connectivity index (χ2v) is 7.59. The number of hydrogen-bond donors (Lipinski definition) is 0. The molecule has 134 valence electrons. The maximum Gasteiger partial charge on any atom is 0.508 e. The smallest absolute Gasteiger partial charge is 0.435 e. The molecule has 0 saturated heterocycles. The van der Waals surface area contributed by atoms with Crippen molar-refractivity contribution in [2.45, 2.75) is 97.0 Å². The summed E-state index contributed by atoms with van der Waals surface area (Å²) in [5.74, 6) is 2.79. The summed E-state index contributed by atoms with van der Waals surface area (Å²) in [7, 11) is 0. The molecule has 0 aliphatic heterocycles. The zero-order chi connectivity index (χ0) is 16.5. The molecule has 3 heteroatoms. The third-order valence-corrected chi connectivity index (χ3v) is 6.11. The molecule has 0 aromatic heterocycles. The zero-order valence-corrected chi connectivity index (χ0v) is 15.2. The maximum atomic E-state index is 11.4. The molecule has 1 unspecified atom stereocenters. The van der Waals surface area contributed by atoms with Crippen LogP contribution in [0.5, 0.6) is 0 Å². The lowest BCUT2D eigenvalue weighted by Crippen LogP contribution is -2.25. The van der Waals surface area contributed by atoms with Crippen LogP contribution < -0.4 is 0 Å². The van der Waals surface area contributed by atoms with E-state index in [0.717, 1.165) is 30.6 Å².